The van der Waals surface area contributed by atoms with Gasteiger partial charge < -0.3 is 5.11 Å². The highest BCUT2D eigenvalue weighted by Crippen LogP contribution is 2.06. The monoisotopic (exact) mass is 188 g/mol. The molecule has 0 bridgehead atoms. The summed E-state index contributed by atoms with van der Waals surface area (Å²) < 4.78 is 0. The molecule has 0 saturated carbocycles. The summed E-state index contributed by atoms with van der Waals surface area (Å²) in [4.78, 5) is 11.2. The highest BCUT2D eigenvalue weighted by atomic mass is 16.2. The number of carbonyl (C=O) groups is 1. The van der Waals surface area contributed by atoms with E-state index >= 15 is 0 Å². The molecule has 2 heteroatoms. The summed E-state index contributed by atoms with van der Waals surface area (Å²) in [5, 5.41) is 8.42. The van der Waals surface area contributed by atoms with Gasteiger partial charge in [0, 0.05) is 6.08 Å². The molecule has 0 fully saturated rings. The van der Waals surface area contributed by atoms with Gasteiger partial charge >= 0.3 is 0 Å². The molecule has 0 aliphatic rings. The van der Waals surface area contributed by atoms with Gasteiger partial charge in [-0.25, -0.2) is 0 Å². The van der Waals surface area contributed by atoms with Crippen molar-refractivity contribution in [1.82, 2.24) is 0 Å². The Bertz CT molecular complexity index is 361. The van der Waals surface area contributed by atoms with Gasteiger partial charge in [-0.2, -0.15) is 0 Å². The zero-order chi connectivity index (χ0) is 10.4. The van der Waals surface area contributed by atoms with Crippen molar-refractivity contribution >= 4 is 11.9 Å². The molecule has 14 heavy (non-hydrogen) atoms. The van der Waals surface area contributed by atoms with Gasteiger partial charge in [0.2, 0.25) is 0 Å². The van der Waals surface area contributed by atoms with Crippen LogP contribution in [0.2, 0.25) is 0 Å². The maximum Gasteiger partial charge on any atom is 0.184 e. The number of hydrogen-bond donors (Lipinski definition) is 1. The molecule has 0 radical (unpaired) electrons. The predicted molar refractivity (Wildman–Crippen MR) is 56.9 cm³/mol. The molecule has 0 atom stereocenters. The number of benzene rings is 1. The summed E-state index contributed by atoms with van der Waals surface area (Å²) >= 11 is 0. The summed E-state index contributed by atoms with van der Waals surface area (Å²) in [6.07, 6.45) is 3.67. The SMILES string of the molecule is C/C(=C\c1ccccc1)C(=O)C=CO. The van der Waals surface area contributed by atoms with E-state index in [0.717, 1.165) is 17.9 Å². The van der Waals surface area contributed by atoms with Gasteiger partial charge in [-0.15, -0.1) is 0 Å². The van der Waals surface area contributed by atoms with Crippen LogP contribution >= 0.6 is 0 Å². The zero-order valence-electron chi connectivity index (χ0n) is 7.97. The first-order valence-corrected chi connectivity index (χ1v) is 4.32. The maximum absolute atomic E-state index is 11.2. The predicted octanol–water partition coefficient (Wildman–Crippen LogP) is 2.73. The minimum atomic E-state index is -0.184. The molecule has 0 aliphatic heterocycles. The van der Waals surface area contributed by atoms with Crippen molar-refractivity contribution in [3.05, 3.63) is 53.8 Å². The van der Waals surface area contributed by atoms with E-state index in [9.17, 15) is 4.79 Å². The summed E-state index contributed by atoms with van der Waals surface area (Å²) in [6.45, 7) is 1.72. The smallest absolute Gasteiger partial charge is 0.184 e. The van der Waals surface area contributed by atoms with E-state index in [1.165, 1.54) is 0 Å². The van der Waals surface area contributed by atoms with Crippen LogP contribution in [0.1, 0.15) is 12.5 Å². The lowest BCUT2D eigenvalue weighted by Crippen LogP contribution is -1.93. The second-order valence-electron chi connectivity index (χ2n) is 2.92. The van der Waals surface area contributed by atoms with Crippen molar-refractivity contribution in [2.45, 2.75) is 6.92 Å². The van der Waals surface area contributed by atoms with E-state index in [0.29, 0.717) is 5.57 Å². The summed E-state index contributed by atoms with van der Waals surface area (Å²) in [6, 6.07) is 9.57. The molecule has 0 spiro atoms. The van der Waals surface area contributed by atoms with Crippen LogP contribution in [0.4, 0.5) is 0 Å². The third-order valence-corrected chi connectivity index (χ3v) is 1.80. The quantitative estimate of drug-likeness (QED) is 0.585. The standard InChI is InChI=1S/C12H12O2/c1-10(12(14)7-8-13)9-11-5-3-2-4-6-11/h2-9,13H,1H3/b8-7?,10-9+. The topological polar surface area (TPSA) is 37.3 Å². The van der Waals surface area contributed by atoms with Crippen LogP contribution in [0.25, 0.3) is 6.08 Å². The molecule has 0 aromatic heterocycles. The second kappa shape index (κ2) is 5.02. The number of aliphatic hydroxyl groups excluding tert-OH is 1. The van der Waals surface area contributed by atoms with Gasteiger partial charge in [0.25, 0.3) is 0 Å². The van der Waals surface area contributed by atoms with Crippen LogP contribution in [0.15, 0.2) is 48.2 Å². The van der Waals surface area contributed by atoms with Crippen LogP contribution in [0.5, 0.6) is 0 Å². The number of rotatable bonds is 3. The Morgan fingerprint density at radius 2 is 1.93 bits per heavy atom. The molecular weight excluding hydrogens is 176 g/mol. The fraction of sp³-hybridized carbons (Fsp3) is 0.0833. The lowest BCUT2D eigenvalue weighted by atomic mass is 10.1. The van der Waals surface area contributed by atoms with Crippen molar-refractivity contribution in [1.29, 1.82) is 0 Å². The molecule has 72 valence electrons. The van der Waals surface area contributed by atoms with Crippen molar-refractivity contribution in [2.75, 3.05) is 0 Å². The van der Waals surface area contributed by atoms with Crippen LogP contribution in [0.3, 0.4) is 0 Å². The summed E-state index contributed by atoms with van der Waals surface area (Å²) in [7, 11) is 0. The molecular formula is C12H12O2. The van der Waals surface area contributed by atoms with Crippen molar-refractivity contribution in [3.8, 4) is 0 Å². The first-order valence-electron chi connectivity index (χ1n) is 4.32. The Kier molecular flexibility index (Phi) is 3.68. The molecule has 0 amide bonds. The molecule has 1 N–H and O–H groups in total. The van der Waals surface area contributed by atoms with E-state index in [4.69, 9.17) is 5.11 Å². The molecule has 1 rings (SSSR count). The number of allylic oxidation sites excluding steroid dienone is 2. The normalized spacial score (nSPS) is 11.9. The fourth-order valence-electron chi connectivity index (χ4n) is 1.07. The van der Waals surface area contributed by atoms with E-state index < -0.39 is 0 Å². The minimum Gasteiger partial charge on any atom is -0.515 e. The average Bonchev–Trinajstić information content (AvgIpc) is 2.19. The lowest BCUT2D eigenvalue weighted by Gasteiger charge is -1.95. The van der Waals surface area contributed by atoms with Gasteiger partial charge in [0.05, 0.1) is 6.26 Å². The first-order chi connectivity index (χ1) is 6.74. The van der Waals surface area contributed by atoms with Crippen molar-refractivity contribution in [3.63, 3.8) is 0 Å². The van der Waals surface area contributed by atoms with Gasteiger partial charge in [-0.3, -0.25) is 4.79 Å². The Morgan fingerprint density at radius 3 is 2.50 bits per heavy atom. The van der Waals surface area contributed by atoms with Gasteiger partial charge in [-0.05, 0) is 24.1 Å². The average molecular weight is 188 g/mol. The highest BCUT2D eigenvalue weighted by molar-refractivity contribution is 6.06. The Labute approximate surface area is 83.2 Å². The molecule has 2 nitrogen and oxygen atoms in total. The number of aliphatic hydroxyl groups is 1. The minimum absolute atomic E-state index is 0.184. The van der Waals surface area contributed by atoms with Gasteiger partial charge in [0.15, 0.2) is 5.78 Å². The summed E-state index contributed by atoms with van der Waals surface area (Å²) in [5.41, 5.74) is 1.58. The van der Waals surface area contributed by atoms with Crippen molar-refractivity contribution < 1.29 is 9.90 Å². The largest absolute Gasteiger partial charge is 0.515 e. The van der Waals surface area contributed by atoms with Crippen molar-refractivity contribution in [2.24, 2.45) is 0 Å². The third-order valence-electron chi connectivity index (χ3n) is 1.80. The number of ketones is 1. The number of hydrogen-bond acceptors (Lipinski definition) is 2. The fourth-order valence-corrected chi connectivity index (χ4v) is 1.07. The molecule has 1 aromatic carbocycles. The molecule has 0 saturated heterocycles. The zero-order valence-corrected chi connectivity index (χ0v) is 7.97. The Balaban J connectivity index is 2.84. The molecule has 0 heterocycles. The first kappa shape index (κ1) is 10.3. The third kappa shape index (κ3) is 2.90. The second-order valence-corrected chi connectivity index (χ2v) is 2.92. The number of carbonyl (C=O) groups excluding carboxylic acids is 1. The Hall–Kier alpha value is -1.83. The van der Waals surface area contributed by atoms with E-state index in [-0.39, 0.29) is 5.78 Å². The molecule has 0 aliphatic carbocycles. The van der Waals surface area contributed by atoms with Crippen LogP contribution in [-0.4, -0.2) is 10.9 Å². The van der Waals surface area contributed by atoms with E-state index in [2.05, 4.69) is 0 Å². The van der Waals surface area contributed by atoms with Gasteiger partial charge in [-0.1, -0.05) is 30.3 Å². The van der Waals surface area contributed by atoms with Crippen LogP contribution in [-0.2, 0) is 4.79 Å². The van der Waals surface area contributed by atoms with Gasteiger partial charge in [0.1, 0.15) is 0 Å². The Morgan fingerprint density at radius 1 is 1.29 bits per heavy atom. The summed E-state index contributed by atoms with van der Waals surface area (Å²) in [5.74, 6) is -0.184. The lowest BCUT2D eigenvalue weighted by molar-refractivity contribution is -0.111. The van der Waals surface area contributed by atoms with Crippen LogP contribution in [0, 0.1) is 0 Å². The molecule has 1 aromatic rings. The highest BCUT2D eigenvalue weighted by Gasteiger charge is 1.98. The van der Waals surface area contributed by atoms with E-state index in [1.54, 1.807) is 13.0 Å². The van der Waals surface area contributed by atoms with Crippen LogP contribution < -0.4 is 0 Å². The van der Waals surface area contributed by atoms with E-state index in [1.807, 2.05) is 30.3 Å². The molecule has 0 unspecified atom stereocenters. The maximum atomic E-state index is 11.2.